The van der Waals surface area contributed by atoms with Gasteiger partial charge in [-0.2, -0.15) is 0 Å². The van der Waals surface area contributed by atoms with E-state index in [4.69, 9.17) is 18.0 Å². The Bertz CT molecular complexity index is 595. The summed E-state index contributed by atoms with van der Waals surface area (Å²) in [5, 5.41) is 0. The minimum Gasteiger partial charge on any atom is -0.389 e. The summed E-state index contributed by atoms with van der Waals surface area (Å²) in [6.45, 7) is 0.609. The Hall–Kier alpha value is -0.980. The summed E-state index contributed by atoms with van der Waals surface area (Å²) in [6, 6.07) is 7.14. The van der Waals surface area contributed by atoms with Crippen molar-refractivity contribution in [2.45, 2.75) is 25.0 Å². The maximum absolute atomic E-state index is 12.4. The summed E-state index contributed by atoms with van der Waals surface area (Å²) >= 11 is 4.97. The van der Waals surface area contributed by atoms with Gasteiger partial charge in [0.25, 0.3) is 0 Å². The first-order chi connectivity index (χ1) is 9.40. The third-order valence-corrected chi connectivity index (χ3v) is 5.83. The molecule has 0 atom stereocenters. The first-order valence-corrected chi connectivity index (χ1v) is 8.73. The lowest BCUT2D eigenvalue weighted by Crippen LogP contribution is -2.35. The number of nitrogens with zero attached hydrogens (tertiary/aromatic N) is 1. The summed E-state index contributed by atoms with van der Waals surface area (Å²) in [5.74, 6) is 0.463. The lowest BCUT2D eigenvalue weighted by atomic mass is 9.86. The van der Waals surface area contributed by atoms with Crippen molar-refractivity contribution in [3.63, 3.8) is 0 Å². The van der Waals surface area contributed by atoms with Gasteiger partial charge in [0.15, 0.2) is 0 Å². The zero-order valence-electron chi connectivity index (χ0n) is 11.6. The zero-order chi connectivity index (χ0) is 14.8. The molecule has 0 radical (unpaired) electrons. The van der Waals surface area contributed by atoms with Crippen LogP contribution in [0.4, 0.5) is 0 Å². The van der Waals surface area contributed by atoms with Gasteiger partial charge in [-0.1, -0.05) is 42.9 Å². The van der Waals surface area contributed by atoms with Crippen molar-refractivity contribution in [3.05, 3.63) is 35.4 Å². The van der Waals surface area contributed by atoms with Gasteiger partial charge in [-0.05, 0) is 24.3 Å². The summed E-state index contributed by atoms with van der Waals surface area (Å²) in [6.07, 6.45) is 3.47. The van der Waals surface area contributed by atoms with E-state index in [9.17, 15) is 8.42 Å². The first kappa shape index (κ1) is 15.4. The number of rotatable bonds is 6. The van der Waals surface area contributed by atoms with Crippen molar-refractivity contribution in [2.75, 3.05) is 13.6 Å². The third kappa shape index (κ3) is 3.56. The molecule has 2 rings (SSSR count). The first-order valence-electron chi connectivity index (χ1n) is 6.72. The van der Waals surface area contributed by atoms with Crippen LogP contribution in [-0.2, 0) is 15.8 Å². The van der Waals surface area contributed by atoms with Gasteiger partial charge in [0.1, 0.15) is 4.99 Å². The minimum atomic E-state index is -3.32. The fourth-order valence-corrected chi connectivity index (χ4v) is 3.85. The number of benzene rings is 1. The molecule has 0 aliphatic heterocycles. The van der Waals surface area contributed by atoms with Crippen LogP contribution in [0, 0.1) is 5.92 Å². The van der Waals surface area contributed by atoms with Gasteiger partial charge in [-0.3, -0.25) is 0 Å². The van der Waals surface area contributed by atoms with Crippen molar-refractivity contribution in [3.8, 4) is 0 Å². The fraction of sp³-hybridized carbons (Fsp3) is 0.500. The van der Waals surface area contributed by atoms with Crippen LogP contribution in [0.1, 0.15) is 30.4 Å². The molecule has 6 heteroatoms. The number of nitrogens with two attached hydrogens (primary N) is 1. The van der Waals surface area contributed by atoms with Gasteiger partial charge in [-0.15, -0.1) is 0 Å². The summed E-state index contributed by atoms with van der Waals surface area (Å²) < 4.78 is 26.2. The molecule has 110 valence electrons. The number of sulfonamides is 1. The van der Waals surface area contributed by atoms with Crippen LogP contribution in [0.15, 0.2) is 24.3 Å². The molecule has 0 aromatic heterocycles. The molecule has 1 aliphatic carbocycles. The third-order valence-electron chi connectivity index (χ3n) is 3.84. The molecule has 2 N–H and O–H groups in total. The van der Waals surface area contributed by atoms with Crippen LogP contribution in [0.5, 0.6) is 0 Å². The normalized spacial score (nSPS) is 16.1. The Labute approximate surface area is 126 Å². The van der Waals surface area contributed by atoms with E-state index < -0.39 is 10.0 Å². The second-order valence-corrected chi connectivity index (χ2v) is 7.87. The average Bonchev–Trinajstić information content (AvgIpc) is 2.33. The van der Waals surface area contributed by atoms with E-state index in [1.165, 1.54) is 10.7 Å². The molecule has 1 fully saturated rings. The Morgan fingerprint density at radius 3 is 2.60 bits per heavy atom. The number of hydrogen-bond acceptors (Lipinski definition) is 3. The van der Waals surface area contributed by atoms with Gasteiger partial charge in [0.2, 0.25) is 10.0 Å². The molecule has 0 unspecified atom stereocenters. The van der Waals surface area contributed by atoms with Gasteiger partial charge >= 0.3 is 0 Å². The van der Waals surface area contributed by atoms with E-state index in [0.717, 1.165) is 12.8 Å². The van der Waals surface area contributed by atoms with Crippen LogP contribution >= 0.6 is 12.2 Å². The topological polar surface area (TPSA) is 63.4 Å². The lowest BCUT2D eigenvalue weighted by molar-refractivity contribution is 0.263. The maximum atomic E-state index is 12.4. The maximum Gasteiger partial charge on any atom is 0.218 e. The largest absolute Gasteiger partial charge is 0.389 e. The van der Waals surface area contributed by atoms with Crippen molar-refractivity contribution in [1.82, 2.24) is 4.31 Å². The second kappa shape index (κ2) is 6.20. The monoisotopic (exact) mass is 312 g/mol. The molecule has 0 heterocycles. The van der Waals surface area contributed by atoms with E-state index in [2.05, 4.69) is 0 Å². The van der Waals surface area contributed by atoms with Crippen molar-refractivity contribution >= 4 is 27.2 Å². The molecule has 1 aromatic rings. The summed E-state index contributed by atoms with van der Waals surface area (Å²) in [4.78, 5) is 0.234. The van der Waals surface area contributed by atoms with Gasteiger partial charge < -0.3 is 5.73 Å². The molecule has 1 aromatic carbocycles. The summed E-state index contributed by atoms with van der Waals surface area (Å²) in [5.41, 5.74) is 6.95. The van der Waals surface area contributed by atoms with E-state index >= 15 is 0 Å². The van der Waals surface area contributed by atoms with Crippen LogP contribution in [-0.4, -0.2) is 31.3 Å². The highest BCUT2D eigenvalue weighted by Crippen LogP contribution is 2.28. The highest BCUT2D eigenvalue weighted by molar-refractivity contribution is 7.88. The van der Waals surface area contributed by atoms with Crippen LogP contribution in [0.2, 0.25) is 0 Å². The molecular weight excluding hydrogens is 292 g/mol. The lowest BCUT2D eigenvalue weighted by Gasteiger charge is -2.29. The quantitative estimate of drug-likeness (QED) is 0.815. The van der Waals surface area contributed by atoms with Crippen molar-refractivity contribution < 1.29 is 8.42 Å². The standard InChI is InChI=1S/C14H20N2O2S2/c1-16(9-11-5-4-6-11)20(17,18)10-12-7-2-3-8-13(12)14(15)19/h2-3,7-8,11H,4-6,9-10H2,1H3,(H2,15,19). The van der Waals surface area contributed by atoms with Crippen molar-refractivity contribution in [2.24, 2.45) is 11.7 Å². The number of thiocarbonyl (C=S) groups is 1. The van der Waals surface area contributed by atoms with Gasteiger partial charge in [-0.25, -0.2) is 12.7 Å². The zero-order valence-corrected chi connectivity index (χ0v) is 13.2. The predicted molar refractivity (Wildman–Crippen MR) is 84.9 cm³/mol. The van der Waals surface area contributed by atoms with Crippen LogP contribution in [0.25, 0.3) is 0 Å². The molecule has 0 saturated heterocycles. The molecule has 0 spiro atoms. The van der Waals surface area contributed by atoms with E-state index in [0.29, 0.717) is 23.6 Å². The molecule has 1 saturated carbocycles. The van der Waals surface area contributed by atoms with Crippen LogP contribution in [0.3, 0.4) is 0 Å². The minimum absolute atomic E-state index is 0.0519. The average molecular weight is 312 g/mol. The molecule has 1 aliphatic rings. The molecular formula is C14H20N2O2S2. The second-order valence-electron chi connectivity index (χ2n) is 5.36. The number of hydrogen-bond donors (Lipinski definition) is 1. The van der Waals surface area contributed by atoms with Crippen LogP contribution < -0.4 is 5.73 Å². The molecule has 0 amide bonds. The Morgan fingerprint density at radius 1 is 1.40 bits per heavy atom. The molecule has 20 heavy (non-hydrogen) atoms. The molecule has 0 bridgehead atoms. The smallest absolute Gasteiger partial charge is 0.218 e. The van der Waals surface area contributed by atoms with Crippen molar-refractivity contribution in [1.29, 1.82) is 0 Å². The van der Waals surface area contributed by atoms with E-state index in [1.54, 1.807) is 25.2 Å². The highest BCUT2D eigenvalue weighted by Gasteiger charge is 2.26. The molecule has 4 nitrogen and oxygen atoms in total. The SMILES string of the molecule is CN(CC1CCC1)S(=O)(=O)Cc1ccccc1C(N)=S. The highest BCUT2D eigenvalue weighted by atomic mass is 32.2. The van der Waals surface area contributed by atoms with E-state index in [-0.39, 0.29) is 10.7 Å². The van der Waals surface area contributed by atoms with Gasteiger partial charge in [0.05, 0.1) is 5.75 Å². The Balaban J connectivity index is 2.13. The summed E-state index contributed by atoms with van der Waals surface area (Å²) in [7, 11) is -1.67. The Morgan fingerprint density at radius 2 is 2.05 bits per heavy atom. The Kier molecular flexibility index (Phi) is 4.78. The fourth-order valence-electron chi connectivity index (χ4n) is 2.35. The van der Waals surface area contributed by atoms with Gasteiger partial charge in [0, 0.05) is 19.2 Å². The van der Waals surface area contributed by atoms with E-state index in [1.807, 2.05) is 6.07 Å². The predicted octanol–water partition coefficient (Wildman–Crippen LogP) is 1.88.